The van der Waals surface area contributed by atoms with Crippen LogP contribution in [-0.2, 0) is 6.42 Å². The Balaban J connectivity index is 1.85. The van der Waals surface area contributed by atoms with E-state index in [1.807, 2.05) is 12.1 Å². The number of aromatic hydroxyl groups is 1. The molecule has 0 spiro atoms. The summed E-state index contributed by atoms with van der Waals surface area (Å²) in [4.78, 5) is 2.59. The fraction of sp³-hybridized carbons (Fsp3) is 0.625. The van der Waals surface area contributed by atoms with Gasteiger partial charge < -0.3 is 10.8 Å². The summed E-state index contributed by atoms with van der Waals surface area (Å²) in [6.07, 6.45) is 6.10. The topological polar surface area (TPSA) is 49.5 Å². The average Bonchev–Trinajstić information content (AvgIpc) is 2.46. The van der Waals surface area contributed by atoms with Gasteiger partial charge in [0.1, 0.15) is 5.75 Å². The van der Waals surface area contributed by atoms with Gasteiger partial charge in [-0.3, -0.25) is 4.90 Å². The smallest absolute Gasteiger partial charge is 0.115 e. The van der Waals surface area contributed by atoms with Gasteiger partial charge in [-0.05, 0) is 56.8 Å². The number of nitrogens with zero attached hydrogens (tertiary/aromatic N) is 1. The van der Waals surface area contributed by atoms with E-state index < -0.39 is 0 Å². The Morgan fingerprint density at radius 3 is 2.74 bits per heavy atom. The van der Waals surface area contributed by atoms with Crippen molar-refractivity contribution < 1.29 is 5.11 Å². The first-order chi connectivity index (χ1) is 9.20. The number of rotatable bonds is 5. The van der Waals surface area contributed by atoms with Gasteiger partial charge >= 0.3 is 0 Å². The molecule has 2 unspecified atom stereocenters. The van der Waals surface area contributed by atoms with Crippen LogP contribution < -0.4 is 5.73 Å². The van der Waals surface area contributed by atoms with Crippen molar-refractivity contribution >= 4 is 0 Å². The van der Waals surface area contributed by atoms with Crippen LogP contribution in [-0.4, -0.2) is 35.2 Å². The largest absolute Gasteiger partial charge is 0.508 e. The second-order valence-corrected chi connectivity index (χ2v) is 5.68. The lowest BCUT2D eigenvalue weighted by atomic mass is 9.97. The predicted molar refractivity (Wildman–Crippen MR) is 79.3 cm³/mol. The summed E-state index contributed by atoms with van der Waals surface area (Å²) in [6, 6.07) is 8.72. The molecule has 0 saturated carbocycles. The molecular formula is C16H26N2O. The molecular weight excluding hydrogens is 236 g/mol. The van der Waals surface area contributed by atoms with Crippen LogP contribution in [0.15, 0.2) is 24.3 Å². The maximum absolute atomic E-state index is 9.28. The minimum absolute atomic E-state index is 0.344. The number of phenolic OH excluding ortho intramolecular Hbond substituents is 1. The Bertz CT molecular complexity index is 377. The minimum Gasteiger partial charge on any atom is -0.508 e. The number of benzene rings is 1. The third kappa shape index (κ3) is 3.95. The van der Waals surface area contributed by atoms with Crippen molar-refractivity contribution in [3.63, 3.8) is 0 Å². The lowest BCUT2D eigenvalue weighted by Gasteiger charge is -2.39. The zero-order valence-electron chi connectivity index (χ0n) is 11.9. The van der Waals surface area contributed by atoms with Crippen molar-refractivity contribution in [3.8, 4) is 5.75 Å². The second kappa shape index (κ2) is 6.92. The van der Waals surface area contributed by atoms with Gasteiger partial charge in [0.05, 0.1) is 0 Å². The van der Waals surface area contributed by atoms with Gasteiger partial charge in [0.25, 0.3) is 0 Å². The summed E-state index contributed by atoms with van der Waals surface area (Å²) in [5, 5.41) is 9.28. The number of nitrogens with two attached hydrogens (primary N) is 1. The van der Waals surface area contributed by atoms with Crippen LogP contribution in [0.2, 0.25) is 0 Å². The van der Waals surface area contributed by atoms with E-state index in [4.69, 9.17) is 5.73 Å². The molecule has 3 nitrogen and oxygen atoms in total. The van der Waals surface area contributed by atoms with E-state index >= 15 is 0 Å². The number of hydrogen-bond donors (Lipinski definition) is 2. The second-order valence-electron chi connectivity index (χ2n) is 5.68. The van der Waals surface area contributed by atoms with E-state index in [-0.39, 0.29) is 0 Å². The average molecular weight is 262 g/mol. The summed E-state index contributed by atoms with van der Waals surface area (Å²) in [5.41, 5.74) is 7.18. The molecule has 1 aromatic rings. The zero-order valence-corrected chi connectivity index (χ0v) is 11.9. The first kappa shape index (κ1) is 14.4. The molecule has 1 fully saturated rings. The van der Waals surface area contributed by atoms with Crippen molar-refractivity contribution in [3.05, 3.63) is 29.8 Å². The Morgan fingerprint density at radius 2 is 2.05 bits per heavy atom. The van der Waals surface area contributed by atoms with Crippen LogP contribution in [0.25, 0.3) is 0 Å². The van der Waals surface area contributed by atoms with Crippen LogP contribution in [0, 0.1) is 0 Å². The summed E-state index contributed by atoms with van der Waals surface area (Å²) < 4.78 is 0. The number of likely N-dealkylation sites (tertiary alicyclic amines) is 1. The molecule has 106 valence electrons. The number of piperidine rings is 1. The van der Waals surface area contributed by atoms with E-state index in [2.05, 4.69) is 11.8 Å². The van der Waals surface area contributed by atoms with E-state index in [1.54, 1.807) is 12.1 Å². The van der Waals surface area contributed by atoms with Crippen LogP contribution in [0.4, 0.5) is 0 Å². The summed E-state index contributed by atoms with van der Waals surface area (Å²) >= 11 is 0. The molecule has 1 heterocycles. The maximum atomic E-state index is 9.28. The van der Waals surface area contributed by atoms with E-state index in [9.17, 15) is 5.11 Å². The van der Waals surface area contributed by atoms with Crippen LogP contribution in [0.3, 0.4) is 0 Å². The van der Waals surface area contributed by atoms with Crippen molar-refractivity contribution in [1.29, 1.82) is 0 Å². The summed E-state index contributed by atoms with van der Waals surface area (Å²) in [7, 11) is 0. The van der Waals surface area contributed by atoms with Gasteiger partial charge in [-0.1, -0.05) is 18.6 Å². The van der Waals surface area contributed by atoms with Gasteiger partial charge in [-0.15, -0.1) is 0 Å². The highest BCUT2D eigenvalue weighted by Gasteiger charge is 2.24. The highest BCUT2D eigenvalue weighted by Crippen LogP contribution is 2.21. The van der Waals surface area contributed by atoms with Gasteiger partial charge in [0.2, 0.25) is 0 Å². The van der Waals surface area contributed by atoms with Crippen molar-refractivity contribution in [2.24, 2.45) is 5.73 Å². The lowest BCUT2D eigenvalue weighted by Crippen LogP contribution is -2.48. The fourth-order valence-electron chi connectivity index (χ4n) is 3.06. The minimum atomic E-state index is 0.344. The highest BCUT2D eigenvalue weighted by atomic mass is 16.3. The van der Waals surface area contributed by atoms with E-state index in [0.717, 1.165) is 19.4 Å². The molecule has 3 heteroatoms. The highest BCUT2D eigenvalue weighted by molar-refractivity contribution is 5.25. The Kier molecular flexibility index (Phi) is 5.23. The number of phenols is 1. The van der Waals surface area contributed by atoms with Crippen molar-refractivity contribution in [1.82, 2.24) is 4.90 Å². The third-order valence-corrected chi connectivity index (χ3v) is 4.30. The first-order valence-electron chi connectivity index (χ1n) is 7.44. The summed E-state index contributed by atoms with van der Waals surface area (Å²) in [5.74, 6) is 0.344. The monoisotopic (exact) mass is 262 g/mol. The van der Waals surface area contributed by atoms with Crippen LogP contribution in [0.5, 0.6) is 5.75 Å². The first-order valence-corrected chi connectivity index (χ1v) is 7.44. The predicted octanol–water partition coefficient (Wildman–Crippen LogP) is 2.53. The van der Waals surface area contributed by atoms with Gasteiger partial charge in [0, 0.05) is 18.6 Å². The van der Waals surface area contributed by atoms with Crippen LogP contribution in [0.1, 0.15) is 38.2 Å². The van der Waals surface area contributed by atoms with Crippen molar-refractivity contribution in [2.45, 2.75) is 51.1 Å². The molecule has 0 amide bonds. The molecule has 3 N–H and O–H groups in total. The maximum Gasteiger partial charge on any atom is 0.115 e. The van der Waals surface area contributed by atoms with E-state index in [0.29, 0.717) is 17.8 Å². The zero-order chi connectivity index (χ0) is 13.7. The molecule has 0 aromatic heterocycles. The van der Waals surface area contributed by atoms with Gasteiger partial charge in [0.15, 0.2) is 0 Å². The molecule has 19 heavy (non-hydrogen) atoms. The third-order valence-electron chi connectivity index (χ3n) is 4.30. The molecule has 0 aliphatic carbocycles. The number of aryl methyl sites for hydroxylation is 1. The van der Waals surface area contributed by atoms with Crippen LogP contribution >= 0.6 is 0 Å². The molecule has 1 aliphatic heterocycles. The normalized spacial score (nSPS) is 22.3. The summed E-state index contributed by atoms with van der Waals surface area (Å²) in [6.45, 7) is 4.29. The van der Waals surface area contributed by atoms with E-state index in [1.165, 1.54) is 31.4 Å². The Morgan fingerprint density at radius 1 is 1.32 bits per heavy atom. The lowest BCUT2D eigenvalue weighted by molar-refractivity contribution is 0.103. The molecule has 1 aromatic carbocycles. The Labute approximate surface area is 116 Å². The molecule has 1 saturated heterocycles. The number of hydrogen-bond acceptors (Lipinski definition) is 3. The molecule has 0 radical (unpaired) electrons. The van der Waals surface area contributed by atoms with Gasteiger partial charge in [-0.2, -0.15) is 0 Å². The van der Waals surface area contributed by atoms with Gasteiger partial charge in [-0.25, -0.2) is 0 Å². The Hall–Kier alpha value is -1.06. The molecule has 2 atom stereocenters. The quantitative estimate of drug-likeness (QED) is 0.857. The SMILES string of the molecule is CC(CCc1ccc(O)cc1)N1CCCCC1CN. The van der Waals surface area contributed by atoms with Crippen molar-refractivity contribution in [2.75, 3.05) is 13.1 Å². The fourth-order valence-corrected chi connectivity index (χ4v) is 3.06. The standard InChI is InChI=1S/C16H26N2O/c1-13(18-11-3-2-4-15(18)12-17)5-6-14-7-9-16(19)10-8-14/h7-10,13,15,19H,2-6,11-12,17H2,1H3. The molecule has 1 aliphatic rings. The molecule has 0 bridgehead atoms. The molecule has 2 rings (SSSR count).